The number of methoxy groups -OCH3 is 1. The molecule has 1 aromatic carbocycles. The van der Waals surface area contributed by atoms with E-state index in [1.165, 1.54) is 32.1 Å². The van der Waals surface area contributed by atoms with E-state index in [-0.39, 0.29) is 5.56 Å². The summed E-state index contributed by atoms with van der Waals surface area (Å²) in [6.07, 6.45) is 8.49. The molecule has 0 aliphatic heterocycles. The molecule has 1 rings (SSSR count). The van der Waals surface area contributed by atoms with Crippen molar-refractivity contribution in [2.75, 3.05) is 7.11 Å². The van der Waals surface area contributed by atoms with Crippen molar-refractivity contribution in [3.8, 4) is 5.75 Å². The molecule has 3 heteroatoms. The highest BCUT2D eigenvalue weighted by Gasteiger charge is 2.08. The van der Waals surface area contributed by atoms with Crippen LogP contribution in [0, 0.1) is 0 Å². The molecule has 1 aromatic rings. The zero-order valence-electron chi connectivity index (χ0n) is 11.9. The standard InChI is InChI=1S/C16H24O3/c1-3-4-5-6-7-8-9-13-10-11-14(16(17)18)12-15(13)19-2/h10-12H,3-9H2,1-2H3,(H,17,18). The first kappa shape index (κ1) is 15.5. The average molecular weight is 264 g/mol. The normalized spacial score (nSPS) is 10.4. The first-order valence-corrected chi connectivity index (χ1v) is 7.09. The van der Waals surface area contributed by atoms with E-state index in [1.807, 2.05) is 6.07 Å². The molecule has 0 heterocycles. The van der Waals surface area contributed by atoms with E-state index in [4.69, 9.17) is 9.84 Å². The summed E-state index contributed by atoms with van der Waals surface area (Å²) < 4.78 is 5.27. The lowest BCUT2D eigenvalue weighted by Gasteiger charge is -2.09. The monoisotopic (exact) mass is 264 g/mol. The molecule has 0 aromatic heterocycles. The van der Waals surface area contributed by atoms with E-state index in [0.29, 0.717) is 5.75 Å². The fraction of sp³-hybridized carbons (Fsp3) is 0.562. The molecule has 0 aliphatic rings. The van der Waals surface area contributed by atoms with E-state index in [2.05, 4.69) is 6.92 Å². The molecule has 0 radical (unpaired) electrons. The van der Waals surface area contributed by atoms with E-state index in [9.17, 15) is 4.79 Å². The van der Waals surface area contributed by atoms with Gasteiger partial charge in [-0.15, -0.1) is 0 Å². The first-order valence-electron chi connectivity index (χ1n) is 7.09. The van der Waals surface area contributed by atoms with Gasteiger partial charge < -0.3 is 9.84 Å². The molecule has 0 atom stereocenters. The fourth-order valence-corrected chi connectivity index (χ4v) is 2.18. The number of carboxylic acids is 1. The highest BCUT2D eigenvalue weighted by Crippen LogP contribution is 2.22. The summed E-state index contributed by atoms with van der Waals surface area (Å²) in [5.74, 6) is -0.224. The van der Waals surface area contributed by atoms with Crippen LogP contribution in [0.2, 0.25) is 0 Å². The number of aryl methyl sites for hydroxylation is 1. The van der Waals surface area contributed by atoms with Crippen LogP contribution >= 0.6 is 0 Å². The Kier molecular flexibility index (Phi) is 7.01. The van der Waals surface area contributed by atoms with Gasteiger partial charge in [0, 0.05) is 0 Å². The number of benzene rings is 1. The van der Waals surface area contributed by atoms with Crippen LogP contribution in [-0.4, -0.2) is 18.2 Å². The Morgan fingerprint density at radius 3 is 2.47 bits per heavy atom. The number of unbranched alkanes of at least 4 members (excludes halogenated alkanes) is 5. The van der Waals surface area contributed by atoms with Gasteiger partial charge >= 0.3 is 5.97 Å². The Morgan fingerprint density at radius 1 is 1.16 bits per heavy atom. The first-order chi connectivity index (χ1) is 9.19. The lowest BCUT2D eigenvalue weighted by atomic mass is 10.0. The number of rotatable bonds is 9. The summed E-state index contributed by atoms with van der Waals surface area (Å²) in [7, 11) is 1.59. The number of carbonyl (C=O) groups is 1. The quantitative estimate of drug-likeness (QED) is 0.676. The minimum Gasteiger partial charge on any atom is -0.496 e. The maximum Gasteiger partial charge on any atom is 0.335 e. The fourth-order valence-electron chi connectivity index (χ4n) is 2.18. The van der Waals surface area contributed by atoms with Crippen LogP contribution in [0.5, 0.6) is 5.75 Å². The summed E-state index contributed by atoms with van der Waals surface area (Å²) in [5.41, 5.74) is 1.38. The zero-order chi connectivity index (χ0) is 14.1. The summed E-state index contributed by atoms with van der Waals surface area (Å²) >= 11 is 0. The second-order valence-electron chi connectivity index (χ2n) is 4.85. The van der Waals surface area contributed by atoms with Crippen LogP contribution < -0.4 is 4.74 Å². The second kappa shape index (κ2) is 8.57. The SMILES string of the molecule is CCCCCCCCc1ccc(C(=O)O)cc1OC. The molecule has 0 aliphatic carbocycles. The van der Waals surface area contributed by atoms with Crippen LogP contribution in [0.15, 0.2) is 18.2 Å². The van der Waals surface area contributed by atoms with Gasteiger partial charge in [-0.3, -0.25) is 0 Å². The van der Waals surface area contributed by atoms with Gasteiger partial charge in [0.2, 0.25) is 0 Å². The van der Waals surface area contributed by atoms with Crippen LogP contribution in [0.1, 0.15) is 61.4 Å². The smallest absolute Gasteiger partial charge is 0.335 e. The Balaban J connectivity index is 2.47. The minimum atomic E-state index is -0.913. The van der Waals surface area contributed by atoms with Crippen LogP contribution in [-0.2, 0) is 6.42 Å². The van der Waals surface area contributed by atoms with Gasteiger partial charge in [-0.2, -0.15) is 0 Å². The van der Waals surface area contributed by atoms with Crippen molar-refractivity contribution in [3.63, 3.8) is 0 Å². The molecule has 3 nitrogen and oxygen atoms in total. The molecule has 0 fully saturated rings. The summed E-state index contributed by atoms with van der Waals surface area (Å²) in [5, 5.41) is 8.94. The van der Waals surface area contributed by atoms with Crippen LogP contribution in [0.25, 0.3) is 0 Å². The third-order valence-corrected chi connectivity index (χ3v) is 3.33. The molecule has 1 N–H and O–H groups in total. The molecule has 106 valence electrons. The molecule has 0 unspecified atom stereocenters. The van der Waals surface area contributed by atoms with Gasteiger partial charge in [-0.25, -0.2) is 4.79 Å². The number of carboxylic acid groups (broad SMARTS) is 1. The second-order valence-corrected chi connectivity index (χ2v) is 4.85. The molecule has 0 amide bonds. The van der Waals surface area contributed by atoms with Crippen molar-refractivity contribution in [1.82, 2.24) is 0 Å². The Morgan fingerprint density at radius 2 is 1.84 bits per heavy atom. The number of hydrogen-bond donors (Lipinski definition) is 1. The Labute approximate surface area is 115 Å². The Bertz CT molecular complexity index is 399. The van der Waals surface area contributed by atoms with Crippen molar-refractivity contribution in [3.05, 3.63) is 29.3 Å². The third kappa shape index (κ3) is 5.33. The van der Waals surface area contributed by atoms with E-state index in [0.717, 1.165) is 18.4 Å². The highest BCUT2D eigenvalue weighted by atomic mass is 16.5. The van der Waals surface area contributed by atoms with Crippen molar-refractivity contribution in [2.45, 2.75) is 51.9 Å². The maximum atomic E-state index is 10.9. The predicted molar refractivity (Wildman–Crippen MR) is 77.0 cm³/mol. The topological polar surface area (TPSA) is 46.5 Å². The maximum absolute atomic E-state index is 10.9. The lowest BCUT2D eigenvalue weighted by Crippen LogP contribution is -1.99. The molecule has 0 saturated carbocycles. The molecule has 19 heavy (non-hydrogen) atoms. The van der Waals surface area contributed by atoms with Crippen molar-refractivity contribution >= 4 is 5.97 Å². The molecule has 0 bridgehead atoms. The lowest BCUT2D eigenvalue weighted by molar-refractivity contribution is 0.0696. The third-order valence-electron chi connectivity index (χ3n) is 3.33. The van der Waals surface area contributed by atoms with Crippen LogP contribution in [0.4, 0.5) is 0 Å². The minimum absolute atomic E-state index is 0.281. The molecular formula is C16H24O3. The highest BCUT2D eigenvalue weighted by molar-refractivity contribution is 5.88. The largest absolute Gasteiger partial charge is 0.496 e. The number of hydrogen-bond acceptors (Lipinski definition) is 2. The predicted octanol–water partition coefficient (Wildman–Crippen LogP) is 4.30. The van der Waals surface area contributed by atoms with E-state index >= 15 is 0 Å². The summed E-state index contributed by atoms with van der Waals surface area (Å²) in [6, 6.07) is 5.13. The average Bonchev–Trinajstić information content (AvgIpc) is 2.42. The number of ether oxygens (including phenoxy) is 1. The summed E-state index contributed by atoms with van der Waals surface area (Å²) in [6.45, 7) is 2.22. The molecule has 0 spiro atoms. The summed E-state index contributed by atoms with van der Waals surface area (Å²) in [4.78, 5) is 10.9. The van der Waals surface area contributed by atoms with Gasteiger partial charge in [0.05, 0.1) is 12.7 Å². The van der Waals surface area contributed by atoms with Gasteiger partial charge in [0.15, 0.2) is 0 Å². The van der Waals surface area contributed by atoms with E-state index < -0.39 is 5.97 Å². The number of aromatic carboxylic acids is 1. The van der Waals surface area contributed by atoms with Gasteiger partial charge in [0.1, 0.15) is 5.75 Å². The van der Waals surface area contributed by atoms with E-state index in [1.54, 1.807) is 19.2 Å². The van der Waals surface area contributed by atoms with Gasteiger partial charge in [0.25, 0.3) is 0 Å². The zero-order valence-corrected chi connectivity index (χ0v) is 11.9. The van der Waals surface area contributed by atoms with Crippen LogP contribution in [0.3, 0.4) is 0 Å². The molecule has 0 saturated heterocycles. The Hall–Kier alpha value is -1.51. The van der Waals surface area contributed by atoms with Gasteiger partial charge in [-0.1, -0.05) is 45.1 Å². The molecular weight excluding hydrogens is 240 g/mol. The van der Waals surface area contributed by atoms with Crippen molar-refractivity contribution < 1.29 is 14.6 Å². The van der Waals surface area contributed by atoms with Gasteiger partial charge in [-0.05, 0) is 30.5 Å². The van der Waals surface area contributed by atoms with Crippen molar-refractivity contribution in [1.29, 1.82) is 0 Å². The van der Waals surface area contributed by atoms with Crippen molar-refractivity contribution in [2.24, 2.45) is 0 Å².